The molecule has 0 fully saturated rings. The normalized spacial score (nSPS) is 12.8. The van der Waals surface area contributed by atoms with E-state index in [0.29, 0.717) is 26.1 Å². The molecule has 0 aromatic carbocycles. The van der Waals surface area contributed by atoms with E-state index in [2.05, 4.69) is 0 Å². The summed E-state index contributed by atoms with van der Waals surface area (Å²) in [6.45, 7) is 8.01. The molecule has 118 valence electrons. The molecular weight excluding hydrogens is 262 g/mol. The zero-order valence-electron chi connectivity index (χ0n) is 12.7. The van der Waals surface area contributed by atoms with Crippen LogP contribution in [0.3, 0.4) is 0 Å². The first-order chi connectivity index (χ1) is 9.32. The largest absolute Gasteiger partial charge is 0.481 e. The molecule has 0 amide bonds. The first-order valence-electron chi connectivity index (χ1n) is 7.11. The maximum atomic E-state index is 10.9. The topological polar surface area (TPSA) is 87.1 Å². The van der Waals surface area contributed by atoms with Crippen LogP contribution in [0.5, 0.6) is 0 Å². The number of carbonyl (C=O) groups is 2. The molecule has 0 aliphatic carbocycles. The summed E-state index contributed by atoms with van der Waals surface area (Å²) in [6, 6.07) is 0. The molecule has 0 aliphatic heterocycles. The Morgan fingerprint density at radius 1 is 1.10 bits per heavy atom. The van der Waals surface area contributed by atoms with Crippen LogP contribution in [0.1, 0.15) is 40.0 Å². The monoisotopic (exact) mass is 289 g/mol. The van der Waals surface area contributed by atoms with E-state index in [1.165, 1.54) is 0 Å². The number of rotatable bonds is 12. The van der Waals surface area contributed by atoms with E-state index in [0.717, 1.165) is 13.0 Å². The summed E-state index contributed by atoms with van der Waals surface area (Å²) in [6.07, 6.45) is 1.65. The number of hydrogen-bond donors (Lipinski definition) is 2. The summed E-state index contributed by atoms with van der Waals surface area (Å²) in [4.78, 5) is 23.4. The minimum atomic E-state index is -0.827. The van der Waals surface area contributed by atoms with Gasteiger partial charge in [-0.05, 0) is 33.2 Å². The van der Waals surface area contributed by atoms with Gasteiger partial charge in [0.15, 0.2) is 0 Å². The molecule has 0 saturated heterocycles. The van der Waals surface area contributed by atoms with E-state index >= 15 is 0 Å². The predicted octanol–water partition coefficient (Wildman–Crippen LogP) is 1.69. The van der Waals surface area contributed by atoms with Gasteiger partial charge in [0.2, 0.25) is 0 Å². The van der Waals surface area contributed by atoms with Crippen LogP contribution in [-0.4, -0.2) is 59.4 Å². The number of nitrogens with zero attached hydrogens (tertiary/aromatic N) is 1. The van der Waals surface area contributed by atoms with Crippen LogP contribution in [0.2, 0.25) is 0 Å². The van der Waals surface area contributed by atoms with Gasteiger partial charge >= 0.3 is 11.9 Å². The molecule has 0 aliphatic rings. The summed E-state index contributed by atoms with van der Waals surface area (Å²) in [5.74, 6) is -2.10. The van der Waals surface area contributed by atoms with Crippen molar-refractivity contribution in [2.24, 2.45) is 5.92 Å². The second-order valence-corrected chi connectivity index (χ2v) is 5.31. The third-order valence-electron chi connectivity index (χ3n) is 2.89. The van der Waals surface area contributed by atoms with Crippen molar-refractivity contribution in [2.45, 2.75) is 46.1 Å². The molecule has 20 heavy (non-hydrogen) atoms. The number of carboxylic acid groups (broad SMARTS) is 2. The smallest absolute Gasteiger partial charge is 0.307 e. The lowest BCUT2D eigenvalue weighted by molar-refractivity contribution is -0.142. The average molecular weight is 289 g/mol. The molecule has 0 radical (unpaired) electrons. The summed E-state index contributed by atoms with van der Waals surface area (Å²) >= 11 is 0. The van der Waals surface area contributed by atoms with Gasteiger partial charge in [0.25, 0.3) is 0 Å². The summed E-state index contributed by atoms with van der Waals surface area (Å²) in [5, 5.41) is 17.6. The molecule has 0 heterocycles. The van der Waals surface area contributed by atoms with Gasteiger partial charge in [-0.3, -0.25) is 9.59 Å². The van der Waals surface area contributed by atoms with Crippen molar-refractivity contribution >= 4 is 11.9 Å². The Labute approximate surface area is 120 Å². The van der Waals surface area contributed by atoms with E-state index in [-0.39, 0.29) is 12.5 Å². The third-order valence-corrected chi connectivity index (χ3v) is 2.89. The van der Waals surface area contributed by atoms with E-state index in [1.54, 1.807) is 6.92 Å². The number of carboxylic acids is 2. The van der Waals surface area contributed by atoms with E-state index < -0.39 is 17.9 Å². The second kappa shape index (κ2) is 10.6. The molecule has 6 heteroatoms. The third kappa shape index (κ3) is 10.8. The summed E-state index contributed by atoms with van der Waals surface area (Å²) in [5.41, 5.74) is 0. The standard InChI is InChI=1S/C14H27NO5/c1-11(2)20-9-5-8-15(7-4-6-13(16)17)10-12(3)14(18)19/h11-12H,4-10H2,1-3H3,(H,16,17)(H,18,19). The van der Waals surface area contributed by atoms with Crippen LogP contribution in [0, 0.1) is 5.92 Å². The van der Waals surface area contributed by atoms with Gasteiger partial charge in [-0.25, -0.2) is 0 Å². The van der Waals surface area contributed by atoms with Crippen molar-refractivity contribution in [1.82, 2.24) is 4.90 Å². The molecule has 1 atom stereocenters. The van der Waals surface area contributed by atoms with Crippen molar-refractivity contribution < 1.29 is 24.5 Å². The Morgan fingerprint density at radius 3 is 2.20 bits per heavy atom. The Morgan fingerprint density at radius 2 is 1.70 bits per heavy atom. The molecule has 0 spiro atoms. The van der Waals surface area contributed by atoms with Crippen LogP contribution in [0.15, 0.2) is 0 Å². The number of aliphatic carboxylic acids is 2. The van der Waals surface area contributed by atoms with Crippen LogP contribution in [0.4, 0.5) is 0 Å². The molecule has 0 saturated carbocycles. The van der Waals surface area contributed by atoms with E-state index in [4.69, 9.17) is 14.9 Å². The Bertz CT molecular complexity index is 293. The first kappa shape index (κ1) is 18.9. The highest BCUT2D eigenvalue weighted by atomic mass is 16.5. The fraction of sp³-hybridized carbons (Fsp3) is 0.857. The van der Waals surface area contributed by atoms with Gasteiger partial charge in [0.1, 0.15) is 0 Å². The van der Waals surface area contributed by atoms with Gasteiger partial charge in [-0.1, -0.05) is 6.92 Å². The summed E-state index contributed by atoms with van der Waals surface area (Å²) < 4.78 is 5.45. The van der Waals surface area contributed by atoms with Crippen LogP contribution < -0.4 is 0 Å². The molecule has 2 N–H and O–H groups in total. The average Bonchev–Trinajstić information content (AvgIpc) is 2.33. The van der Waals surface area contributed by atoms with Crippen molar-refractivity contribution in [3.05, 3.63) is 0 Å². The van der Waals surface area contributed by atoms with E-state index in [9.17, 15) is 9.59 Å². The fourth-order valence-electron chi connectivity index (χ4n) is 1.82. The molecular formula is C14H27NO5. The zero-order chi connectivity index (χ0) is 15.5. The highest BCUT2D eigenvalue weighted by Gasteiger charge is 2.16. The fourth-order valence-corrected chi connectivity index (χ4v) is 1.82. The highest BCUT2D eigenvalue weighted by Crippen LogP contribution is 2.05. The maximum Gasteiger partial charge on any atom is 0.307 e. The van der Waals surface area contributed by atoms with Crippen LogP contribution >= 0.6 is 0 Å². The summed E-state index contributed by atoms with van der Waals surface area (Å²) in [7, 11) is 0. The second-order valence-electron chi connectivity index (χ2n) is 5.31. The lowest BCUT2D eigenvalue weighted by atomic mass is 10.1. The lowest BCUT2D eigenvalue weighted by Crippen LogP contribution is -2.34. The van der Waals surface area contributed by atoms with Gasteiger partial charge in [0.05, 0.1) is 12.0 Å². The molecule has 0 aromatic heterocycles. The zero-order valence-corrected chi connectivity index (χ0v) is 12.7. The minimum absolute atomic E-state index is 0.112. The quantitative estimate of drug-likeness (QED) is 0.532. The van der Waals surface area contributed by atoms with Crippen molar-refractivity contribution in [2.75, 3.05) is 26.2 Å². The first-order valence-corrected chi connectivity index (χ1v) is 7.11. The molecule has 0 aromatic rings. The van der Waals surface area contributed by atoms with Crippen LogP contribution in [0.25, 0.3) is 0 Å². The molecule has 6 nitrogen and oxygen atoms in total. The number of hydrogen-bond acceptors (Lipinski definition) is 4. The maximum absolute atomic E-state index is 10.9. The number of ether oxygens (including phenoxy) is 1. The lowest BCUT2D eigenvalue weighted by Gasteiger charge is -2.24. The van der Waals surface area contributed by atoms with Gasteiger partial charge < -0.3 is 19.8 Å². The van der Waals surface area contributed by atoms with E-state index in [1.807, 2.05) is 18.7 Å². The van der Waals surface area contributed by atoms with Gasteiger partial charge in [-0.2, -0.15) is 0 Å². The van der Waals surface area contributed by atoms with Gasteiger partial charge in [0, 0.05) is 26.1 Å². The predicted molar refractivity (Wildman–Crippen MR) is 75.8 cm³/mol. The highest BCUT2D eigenvalue weighted by molar-refractivity contribution is 5.69. The molecule has 0 bridgehead atoms. The van der Waals surface area contributed by atoms with Gasteiger partial charge in [-0.15, -0.1) is 0 Å². The Kier molecular flexibility index (Phi) is 10.0. The molecule has 1 unspecified atom stereocenters. The van der Waals surface area contributed by atoms with Crippen molar-refractivity contribution in [1.29, 1.82) is 0 Å². The SMILES string of the molecule is CC(C)OCCCN(CCCC(=O)O)CC(C)C(=O)O. The minimum Gasteiger partial charge on any atom is -0.481 e. The molecule has 0 rings (SSSR count). The van der Waals surface area contributed by atoms with Crippen molar-refractivity contribution in [3.63, 3.8) is 0 Å². The Hall–Kier alpha value is -1.14. The van der Waals surface area contributed by atoms with Crippen LogP contribution in [-0.2, 0) is 14.3 Å². The Balaban J connectivity index is 4.09. The van der Waals surface area contributed by atoms with Crippen molar-refractivity contribution in [3.8, 4) is 0 Å².